The summed E-state index contributed by atoms with van der Waals surface area (Å²) in [4.78, 5) is 31.0. The lowest BCUT2D eigenvalue weighted by Gasteiger charge is -2.27. The summed E-state index contributed by atoms with van der Waals surface area (Å²) in [5.74, 6) is -0.726. The van der Waals surface area contributed by atoms with Crippen molar-refractivity contribution in [3.8, 4) is 11.3 Å². The quantitative estimate of drug-likeness (QED) is 0.478. The largest absolute Gasteiger partial charge is 0.477 e. The van der Waals surface area contributed by atoms with Crippen LogP contribution in [0.2, 0.25) is 0 Å². The summed E-state index contributed by atoms with van der Waals surface area (Å²) in [5, 5.41) is 9.29. The number of benzene rings is 1. The number of halogens is 1. The van der Waals surface area contributed by atoms with Gasteiger partial charge in [-0.25, -0.2) is 14.2 Å². The molecular weight excluding hydrogens is 421 g/mol. The van der Waals surface area contributed by atoms with E-state index < -0.39 is 11.8 Å². The van der Waals surface area contributed by atoms with E-state index >= 15 is 0 Å². The maximum absolute atomic E-state index is 14.9. The number of H-pyrrole nitrogens is 1. The van der Waals surface area contributed by atoms with Crippen molar-refractivity contribution in [2.24, 2.45) is 0 Å². The van der Waals surface area contributed by atoms with Crippen LogP contribution < -0.4 is 5.56 Å². The normalized spacial score (nSPS) is 15.8. The molecule has 1 saturated heterocycles. The standard InChI is InChI=1S/C22H18FN3O4S/c23-15-8-13(16-2-1-3-20(27)24-16)5-4-12(15)9-19-25-21-17(10-18(31-21)22(28)29)26(19)11-14-6-7-30-14/h1-5,8,10,14H,6-7,9,11H2,(H,24,27)(H,28,29). The molecule has 1 unspecified atom stereocenters. The Balaban J connectivity index is 1.49. The number of imidazole rings is 1. The first-order valence-electron chi connectivity index (χ1n) is 9.80. The molecule has 7 nitrogen and oxygen atoms in total. The number of aromatic nitrogens is 3. The monoisotopic (exact) mass is 439 g/mol. The van der Waals surface area contributed by atoms with Crippen LogP contribution in [-0.4, -0.2) is 38.3 Å². The molecule has 0 saturated carbocycles. The Morgan fingerprint density at radius 3 is 2.84 bits per heavy atom. The molecule has 0 aliphatic carbocycles. The SMILES string of the molecule is O=C(O)c1cc2c(nc(Cc3ccc(-c4cccc(=O)[nH]4)cc3F)n2CC2CCO2)s1. The van der Waals surface area contributed by atoms with Gasteiger partial charge in [-0.3, -0.25) is 4.79 Å². The zero-order valence-electron chi connectivity index (χ0n) is 16.3. The van der Waals surface area contributed by atoms with Crippen LogP contribution in [0.15, 0.2) is 47.3 Å². The van der Waals surface area contributed by atoms with E-state index in [1.165, 1.54) is 12.1 Å². The molecule has 31 heavy (non-hydrogen) atoms. The van der Waals surface area contributed by atoms with E-state index in [0.29, 0.717) is 40.6 Å². The van der Waals surface area contributed by atoms with Crippen molar-refractivity contribution in [1.82, 2.24) is 14.5 Å². The molecule has 2 N–H and O–H groups in total. The summed E-state index contributed by atoms with van der Waals surface area (Å²) >= 11 is 1.11. The van der Waals surface area contributed by atoms with Crippen LogP contribution >= 0.6 is 11.3 Å². The molecule has 1 aliphatic rings. The van der Waals surface area contributed by atoms with E-state index in [9.17, 15) is 19.1 Å². The Bertz CT molecular complexity index is 1350. The maximum atomic E-state index is 14.9. The third-order valence-corrected chi connectivity index (χ3v) is 6.40. The van der Waals surface area contributed by atoms with Gasteiger partial charge in [0.1, 0.15) is 21.3 Å². The van der Waals surface area contributed by atoms with Gasteiger partial charge in [-0.05, 0) is 30.2 Å². The number of nitrogens with one attached hydrogen (secondary N) is 1. The summed E-state index contributed by atoms with van der Waals surface area (Å²) in [6.07, 6.45) is 1.23. The van der Waals surface area contributed by atoms with Crippen LogP contribution in [0.3, 0.4) is 0 Å². The number of carbonyl (C=O) groups is 1. The Morgan fingerprint density at radius 1 is 1.32 bits per heavy atom. The fourth-order valence-corrected chi connectivity index (χ4v) is 4.57. The van der Waals surface area contributed by atoms with Gasteiger partial charge >= 0.3 is 5.97 Å². The van der Waals surface area contributed by atoms with E-state index in [1.807, 2.05) is 4.57 Å². The summed E-state index contributed by atoms with van der Waals surface area (Å²) in [6.45, 7) is 1.26. The third-order valence-electron chi connectivity index (χ3n) is 5.40. The summed E-state index contributed by atoms with van der Waals surface area (Å²) in [5.41, 5.74) is 2.07. The van der Waals surface area contributed by atoms with E-state index in [0.717, 1.165) is 23.3 Å². The molecule has 0 bridgehead atoms. The first kappa shape index (κ1) is 19.7. The van der Waals surface area contributed by atoms with E-state index in [1.54, 1.807) is 30.3 Å². The maximum Gasteiger partial charge on any atom is 0.346 e. The minimum atomic E-state index is -0.989. The molecule has 1 fully saturated rings. The van der Waals surface area contributed by atoms with Crippen LogP contribution in [0.4, 0.5) is 4.39 Å². The number of hydrogen-bond donors (Lipinski definition) is 2. The van der Waals surface area contributed by atoms with Crippen molar-refractivity contribution in [3.05, 3.63) is 74.9 Å². The minimum absolute atomic E-state index is 0.0476. The lowest BCUT2D eigenvalue weighted by Crippen LogP contribution is -2.31. The molecule has 1 aliphatic heterocycles. The average molecular weight is 439 g/mol. The van der Waals surface area contributed by atoms with Crippen molar-refractivity contribution >= 4 is 27.7 Å². The first-order valence-corrected chi connectivity index (χ1v) is 10.6. The summed E-state index contributed by atoms with van der Waals surface area (Å²) in [7, 11) is 0. The molecule has 0 radical (unpaired) electrons. The van der Waals surface area contributed by atoms with Crippen LogP contribution in [0.5, 0.6) is 0 Å². The average Bonchev–Trinajstić information content (AvgIpc) is 3.25. The van der Waals surface area contributed by atoms with E-state index in [-0.39, 0.29) is 23.0 Å². The van der Waals surface area contributed by atoms with Gasteiger partial charge in [0.15, 0.2) is 0 Å². The lowest BCUT2D eigenvalue weighted by atomic mass is 10.1. The lowest BCUT2D eigenvalue weighted by molar-refractivity contribution is -0.0589. The Hall–Kier alpha value is -3.30. The van der Waals surface area contributed by atoms with Gasteiger partial charge in [-0.1, -0.05) is 18.2 Å². The van der Waals surface area contributed by atoms with Gasteiger partial charge in [-0.2, -0.15) is 0 Å². The van der Waals surface area contributed by atoms with Crippen LogP contribution in [0.25, 0.3) is 21.6 Å². The Morgan fingerprint density at radius 2 is 2.16 bits per heavy atom. The predicted octanol–water partition coefficient (Wildman–Crippen LogP) is 3.67. The number of carboxylic acid groups (broad SMARTS) is 1. The second-order valence-corrected chi connectivity index (χ2v) is 8.47. The topological polar surface area (TPSA) is 97.2 Å². The highest BCUT2D eigenvalue weighted by atomic mass is 32.1. The highest BCUT2D eigenvalue weighted by molar-refractivity contribution is 7.20. The first-order chi connectivity index (χ1) is 15.0. The smallest absolute Gasteiger partial charge is 0.346 e. The van der Waals surface area contributed by atoms with Crippen molar-refractivity contribution in [2.45, 2.75) is 25.5 Å². The highest BCUT2D eigenvalue weighted by Crippen LogP contribution is 2.30. The summed E-state index contributed by atoms with van der Waals surface area (Å²) in [6, 6.07) is 11.2. The second kappa shape index (κ2) is 7.75. The van der Waals surface area contributed by atoms with Crippen molar-refractivity contribution in [2.75, 3.05) is 6.61 Å². The van der Waals surface area contributed by atoms with Gasteiger partial charge in [0.2, 0.25) is 5.56 Å². The highest BCUT2D eigenvalue weighted by Gasteiger charge is 2.24. The summed E-state index contributed by atoms with van der Waals surface area (Å²) < 4.78 is 22.4. The van der Waals surface area contributed by atoms with Crippen molar-refractivity contribution in [1.29, 1.82) is 0 Å². The molecule has 3 aromatic heterocycles. The number of aromatic carboxylic acids is 1. The Labute approximate surface area is 179 Å². The third kappa shape index (κ3) is 3.77. The second-order valence-electron chi connectivity index (χ2n) is 7.44. The van der Waals surface area contributed by atoms with Crippen LogP contribution in [0, 0.1) is 5.82 Å². The van der Waals surface area contributed by atoms with Gasteiger partial charge in [0.25, 0.3) is 0 Å². The molecule has 4 aromatic rings. The number of aromatic amines is 1. The van der Waals surface area contributed by atoms with Gasteiger partial charge in [0.05, 0.1) is 18.2 Å². The number of thiophene rings is 1. The number of carboxylic acids is 1. The molecule has 9 heteroatoms. The number of nitrogens with zero attached hydrogens (tertiary/aromatic N) is 2. The number of pyridine rings is 1. The molecule has 5 rings (SSSR count). The van der Waals surface area contributed by atoms with Gasteiger partial charge in [-0.15, -0.1) is 11.3 Å². The fraction of sp³-hybridized carbons (Fsp3) is 0.227. The number of hydrogen-bond acceptors (Lipinski definition) is 5. The van der Waals surface area contributed by atoms with Gasteiger partial charge < -0.3 is 19.4 Å². The van der Waals surface area contributed by atoms with Crippen molar-refractivity contribution in [3.63, 3.8) is 0 Å². The predicted molar refractivity (Wildman–Crippen MR) is 114 cm³/mol. The number of fused-ring (bicyclic) bond motifs is 1. The zero-order valence-corrected chi connectivity index (χ0v) is 17.1. The zero-order chi connectivity index (χ0) is 21.5. The molecule has 0 spiro atoms. The molecule has 158 valence electrons. The number of rotatable bonds is 6. The molecule has 1 atom stereocenters. The molecule has 0 amide bonds. The molecule has 1 aromatic carbocycles. The minimum Gasteiger partial charge on any atom is -0.477 e. The Kier molecular flexibility index (Phi) is 4.91. The number of ether oxygens (including phenoxy) is 1. The molecule has 4 heterocycles. The van der Waals surface area contributed by atoms with E-state index in [4.69, 9.17) is 4.74 Å². The molecular formula is C22H18FN3O4S. The van der Waals surface area contributed by atoms with Gasteiger partial charge in [0, 0.05) is 30.4 Å². The van der Waals surface area contributed by atoms with Crippen LogP contribution in [-0.2, 0) is 17.7 Å². The van der Waals surface area contributed by atoms with E-state index in [2.05, 4.69) is 9.97 Å². The van der Waals surface area contributed by atoms with Crippen LogP contribution in [0.1, 0.15) is 27.5 Å². The fourth-order valence-electron chi connectivity index (χ4n) is 3.68. The van der Waals surface area contributed by atoms with Crippen molar-refractivity contribution < 1.29 is 19.0 Å².